The number of hydrogen-bond acceptors (Lipinski definition) is 4. The number of nitrogens with zero attached hydrogens (tertiary/aromatic N) is 2. The normalized spacial score (nSPS) is 10.6. The summed E-state index contributed by atoms with van der Waals surface area (Å²) in [5.74, 6) is 0.708. The lowest BCUT2D eigenvalue weighted by Crippen LogP contribution is -2.15. The number of aryl methyl sites for hydroxylation is 1. The summed E-state index contributed by atoms with van der Waals surface area (Å²) in [5.41, 5.74) is 1.70. The first-order valence-corrected chi connectivity index (χ1v) is 8.77. The Morgan fingerprint density at radius 1 is 1.11 bits per heavy atom. The quantitative estimate of drug-likeness (QED) is 0.649. The van der Waals surface area contributed by atoms with Crippen LogP contribution in [0.3, 0.4) is 0 Å². The van der Waals surface area contributed by atoms with E-state index in [-0.39, 0.29) is 11.7 Å². The highest BCUT2D eigenvalue weighted by atomic mass is 79.9. The van der Waals surface area contributed by atoms with Gasteiger partial charge in [0.2, 0.25) is 0 Å². The Bertz CT molecular complexity index is 961. The van der Waals surface area contributed by atoms with Crippen LogP contribution >= 0.6 is 15.9 Å². The molecule has 0 spiro atoms. The van der Waals surface area contributed by atoms with E-state index in [1.807, 2.05) is 0 Å². The van der Waals surface area contributed by atoms with Gasteiger partial charge in [-0.2, -0.15) is 5.10 Å². The molecule has 3 aromatic rings. The van der Waals surface area contributed by atoms with Gasteiger partial charge in [-0.25, -0.2) is 9.07 Å². The smallest absolute Gasteiger partial charge is 0.257 e. The first-order chi connectivity index (χ1) is 12.9. The topological polar surface area (TPSA) is 65.4 Å². The van der Waals surface area contributed by atoms with Crippen molar-refractivity contribution < 1.29 is 18.7 Å². The van der Waals surface area contributed by atoms with Crippen LogP contribution in [0.15, 0.2) is 46.9 Å². The maximum atomic E-state index is 13.2. The summed E-state index contributed by atoms with van der Waals surface area (Å²) in [6.45, 7) is 1.81. The summed E-state index contributed by atoms with van der Waals surface area (Å²) < 4.78 is 25.9. The molecule has 3 rings (SSSR count). The van der Waals surface area contributed by atoms with Gasteiger partial charge in [0.15, 0.2) is 0 Å². The van der Waals surface area contributed by atoms with Gasteiger partial charge in [-0.05, 0) is 59.3 Å². The van der Waals surface area contributed by atoms with E-state index in [9.17, 15) is 9.18 Å². The molecule has 0 unspecified atom stereocenters. The van der Waals surface area contributed by atoms with Crippen LogP contribution < -0.4 is 14.8 Å². The number of nitrogens with one attached hydrogen (secondary N) is 1. The molecule has 0 saturated heterocycles. The maximum Gasteiger partial charge on any atom is 0.257 e. The molecule has 0 aliphatic carbocycles. The number of methoxy groups -OCH3 is 2. The molecule has 0 saturated carbocycles. The van der Waals surface area contributed by atoms with Gasteiger partial charge in [0.1, 0.15) is 27.6 Å². The molecule has 0 fully saturated rings. The molecule has 2 aromatic carbocycles. The molecule has 0 bridgehead atoms. The predicted molar refractivity (Wildman–Crippen MR) is 103 cm³/mol. The standard InChI is InChI=1S/C19H17BrFN3O3/c1-11-8-17(24(23-11)14-6-4-13(21)5-7-14)22-19(25)12-9-15(26-2)18(20)16(10-12)27-3/h4-10H,1-3H3,(H,22,25). The minimum Gasteiger partial charge on any atom is -0.495 e. The van der Waals surface area contributed by atoms with E-state index in [2.05, 4.69) is 26.3 Å². The monoisotopic (exact) mass is 433 g/mol. The van der Waals surface area contributed by atoms with Gasteiger partial charge in [-0.1, -0.05) is 0 Å². The molecule has 1 aromatic heterocycles. The summed E-state index contributed by atoms with van der Waals surface area (Å²) in [4.78, 5) is 12.8. The molecule has 1 N–H and O–H groups in total. The van der Waals surface area contributed by atoms with Crippen LogP contribution in [0.4, 0.5) is 10.2 Å². The summed E-state index contributed by atoms with van der Waals surface area (Å²) in [6.07, 6.45) is 0. The average Bonchev–Trinajstić information content (AvgIpc) is 3.02. The number of carbonyl (C=O) groups excluding carboxylic acids is 1. The van der Waals surface area contributed by atoms with Gasteiger partial charge in [0.25, 0.3) is 5.91 Å². The zero-order valence-corrected chi connectivity index (χ0v) is 16.5. The third-order valence-electron chi connectivity index (χ3n) is 3.85. The molecule has 27 heavy (non-hydrogen) atoms. The van der Waals surface area contributed by atoms with Crippen LogP contribution in [-0.4, -0.2) is 29.9 Å². The zero-order chi connectivity index (χ0) is 19.6. The predicted octanol–water partition coefficient (Wildman–Crippen LogP) is 4.35. The highest BCUT2D eigenvalue weighted by Gasteiger charge is 2.17. The summed E-state index contributed by atoms with van der Waals surface area (Å²) >= 11 is 3.38. The first kappa shape index (κ1) is 18.9. The molecule has 140 valence electrons. The third-order valence-corrected chi connectivity index (χ3v) is 4.63. The molecular weight excluding hydrogens is 417 g/mol. The molecular formula is C19H17BrFN3O3. The van der Waals surface area contributed by atoms with Crippen LogP contribution in [0.2, 0.25) is 0 Å². The molecule has 0 aliphatic heterocycles. The van der Waals surface area contributed by atoms with Crippen LogP contribution in [0.5, 0.6) is 11.5 Å². The van der Waals surface area contributed by atoms with Crippen LogP contribution in [0.25, 0.3) is 5.69 Å². The molecule has 8 heteroatoms. The lowest BCUT2D eigenvalue weighted by atomic mass is 10.2. The Morgan fingerprint density at radius 2 is 1.70 bits per heavy atom. The van der Waals surface area contributed by atoms with Crippen molar-refractivity contribution in [1.82, 2.24) is 9.78 Å². The van der Waals surface area contributed by atoms with Crippen molar-refractivity contribution in [2.45, 2.75) is 6.92 Å². The fourth-order valence-corrected chi connectivity index (χ4v) is 3.11. The van der Waals surface area contributed by atoms with Crippen molar-refractivity contribution in [2.75, 3.05) is 19.5 Å². The van der Waals surface area contributed by atoms with Crippen molar-refractivity contribution in [2.24, 2.45) is 0 Å². The maximum absolute atomic E-state index is 13.2. The van der Waals surface area contributed by atoms with E-state index in [0.717, 1.165) is 0 Å². The Balaban J connectivity index is 1.94. The minimum absolute atomic E-state index is 0.345. The summed E-state index contributed by atoms with van der Waals surface area (Å²) in [5, 5.41) is 7.19. The number of benzene rings is 2. The summed E-state index contributed by atoms with van der Waals surface area (Å²) in [7, 11) is 3.02. The van der Waals surface area contributed by atoms with E-state index in [4.69, 9.17) is 9.47 Å². The second-order valence-electron chi connectivity index (χ2n) is 5.71. The molecule has 6 nitrogen and oxygen atoms in total. The number of halogens is 2. The highest BCUT2D eigenvalue weighted by molar-refractivity contribution is 9.10. The van der Waals surface area contributed by atoms with Gasteiger partial charge in [0, 0.05) is 11.6 Å². The van der Waals surface area contributed by atoms with Gasteiger partial charge in [0.05, 0.1) is 25.6 Å². The number of aromatic nitrogens is 2. The molecule has 0 aliphatic rings. The van der Waals surface area contributed by atoms with Gasteiger partial charge in [-0.15, -0.1) is 0 Å². The van der Waals surface area contributed by atoms with Crippen molar-refractivity contribution in [3.63, 3.8) is 0 Å². The highest BCUT2D eigenvalue weighted by Crippen LogP contribution is 2.35. The fraction of sp³-hybridized carbons (Fsp3) is 0.158. The number of hydrogen-bond donors (Lipinski definition) is 1. The second-order valence-corrected chi connectivity index (χ2v) is 6.50. The number of anilines is 1. The molecule has 0 radical (unpaired) electrons. The van der Waals surface area contributed by atoms with E-state index >= 15 is 0 Å². The van der Waals surface area contributed by atoms with Gasteiger partial charge in [-0.3, -0.25) is 4.79 Å². The Labute approximate surface area is 164 Å². The van der Waals surface area contributed by atoms with Crippen LogP contribution in [0, 0.1) is 12.7 Å². The second kappa shape index (κ2) is 7.79. The third kappa shape index (κ3) is 3.95. The van der Waals surface area contributed by atoms with Crippen molar-refractivity contribution in [3.05, 3.63) is 64.0 Å². The molecule has 0 atom stereocenters. The van der Waals surface area contributed by atoms with Gasteiger partial charge >= 0.3 is 0 Å². The lowest BCUT2D eigenvalue weighted by Gasteiger charge is -2.12. The van der Waals surface area contributed by atoms with Gasteiger partial charge < -0.3 is 14.8 Å². The largest absolute Gasteiger partial charge is 0.495 e. The number of ether oxygens (including phenoxy) is 2. The fourth-order valence-electron chi connectivity index (χ4n) is 2.56. The number of rotatable bonds is 5. The van der Waals surface area contributed by atoms with Crippen molar-refractivity contribution in [1.29, 1.82) is 0 Å². The average molecular weight is 434 g/mol. The van der Waals surface area contributed by atoms with E-state index < -0.39 is 0 Å². The number of amides is 1. The lowest BCUT2D eigenvalue weighted by molar-refractivity contribution is 0.102. The number of carbonyl (C=O) groups is 1. The Morgan fingerprint density at radius 3 is 2.26 bits per heavy atom. The van der Waals surface area contributed by atoms with Crippen molar-refractivity contribution in [3.8, 4) is 17.2 Å². The molecule has 1 heterocycles. The Kier molecular flexibility index (Phi) is 5.46. The Hall–Kier alpha value is -2.87. The zero-order valence-electron chi connectivity index (χ0n) is 14.9. The van der Waals surface area contributed by atoms with Crippen LogP contribution in [-0.2, 0) is 0 Å². The van der Waals surface area contributed by atoms with Crippen molar-refractivity contribution >= 4 is 27.7 Å². The van der Waals surface area contributed by atoms with E-state index in [0.29, 0.717) is 38.7 Å². The van der Waals surface area contributed by atoms with E-state index in [1.165, 1.54) is 26.4 Å². The van der Waals surface area contributed by atoms with E-state index in [1.54, 1.807) is 41.9 Å². The first-order valence-electron chi connectivity index (χ1n) is 7.98. The minimum atomic E-state index is -0.359. The summed E-state index contributed by atoms with van der Waals surface area (Å²) in [6, 6.07) is 10.8. The SMILES string of the molecule is COc1cc(C(=O)Nc2cc(C)nn2-c2ccc(F)cc2)cc(OC)c1Br. The molecule has 1 amide bonds. The van der Waals surface area contributed by atoms with Crippen LogP contribution in [0.1, 0.15) is 16.1 Å².